The minimum Gasteiger partial charge on any atom is -0.459 e. The molecule has 8 atom stereocenters. The van der Waals surface area contributed by atoms with Gasteiger partial charge in [0.1, 0.15) is 30.1 Å². The van der Waals surface area contributed by atoms with Gasteiger partial charge in [-0.1, -0.05) is 29.8 Å². The predicted molar refractivity (Wildman–Crippen MR) is 129 cm³/mol. The van der Waals surface area contributed by atoms with Crippen LogP contribution >= 0.6 is 19.3 Å². The molecule has 0 bridgehead atoms. The van der Waals surface area contributed by atoms with E-state index in [9.17, 15) is 24.1 Å². The van der Waals surface area contributed by atoms with Crippen LogP contribution in [0.2, 0.25) is 0 Å². The first kappa shape index (κ1) is 28.4. The van der Waals surface area contributed by atoms with E-state index in [-0.39, 0.29) is 12.4 Å². The van der Waals surface area contributed by atoms with Crippen molar-refractivity contribution >= 4 is 25.3 Å². The van der Waals surface area contributed by atoms with Crippen molar-refractivity contribution in [3.8, 4) is 5.75 Å². The number of esters is 1. The Morgan fingerprint density at radius 2 is 2.00 bits per heavy atom. The van der Waals surface area contributed by atoms with Gasteiger partial charge < -0.3 is 23.8 Å². The molecule has 1 saturated heterocycles. The van der Waals surface area contributed by atoms with Crippen LogP contribution in [0, 0.1) is 0 Å². The van der Waals surface area contributed by atoms with Crippen LogP contribution in [0.25, 0.3) is 0 Å². The molecule has 13 nitrogen and oxygen atoms in total. The van der Waals surface area contributed by atoms with E-state index in [2.05, 4.69) is 5.09 Å². The van der Waals surface area contributed by atoms with Crippen molar-refractivity contribution in [3.63, 3.8) is 0 Å². The SMILES string of the molecule is COC[C@H](C)OC(=O)[C@H](C)NP(=O)(Oc1ccccc1)OC1[C@H]2O[C@@H](n3ccc(=O)[nH]c3=O)[C@@](F)(Cl)[C@@]12O. The first-order valence-electron chi connectivity index (χ1n) is 11.4. The Balaban J connectivity index is 1.55. The van der Waals surface area contributed by atoms with Gasteiger partial charge in [0, 0.05) is 19.4 Å². The van der Waals surface area contributed by atoms with Crippen LogP contribution in [0.1, 0.15) is 20.1 Å². The van der Waals surface area contributed by atoms with Gasteiger partial charge in [-0.15, -0.1) is 0 Å². The standard InChI is InChI=1S/C22H26ClFN3O10P/c1-12(11-33-3)34-18(29)13(2)26-38(32,36-14-7-5-4-6-8-14)37-17-16-21(17,31)22(23,24)19(35-16)27-10-9-15(28)25-20(27)30/h4-10,12-13,16-17,19,31H,11H2,1-3H3,(H,26,32)(H,25,28,30)/t12-,13-,16+,17?,19+,21-,22-,38?/m0/s1. The van der Waals surface area contributed by atoms with Gasteiger partial charge >= 0.3 is 19.4 Å². The Kier molecular flexibility index (Phi) is 7.88. The molecule has 0 radical (unpaired) electrons. The number of benzene rings is 1. The number of methoxy groups -OCH3 is 1. The summed E-state index contributed by atoms with van der Waals surface area (Å²) in [6.45, 7) is 3.05. The molecule has 2 aromatic rings. The number of rotatable bonds is 11. The highest BCUT2D eigenvalue weighted by Crippen LogP contribution is 2.67. The van der Waals surface area contributed by atoms with E-state index in [1.54, 1.807) is 25.1 Å². The first-order valence-corrected chi connectivity index (χ1v) is 13.3. The molecule has 1 saturated carbocycles. The number of carbonyl (C=O) groups excluding carboxylic acids is 1. The molecule has 2 aliphatic rings. The molecule has 2 fully saturated rings. The van der Waals surface area contributed by atoms with Gasteiger partial charge in [0.15, 0.2) is 11.8 Å². The molecule has 2 unspecified atom stereocenters. The van der Waals surface area contributed by atoms with Crippen molar-refractivity contribution in [3.05, 3.63) is 63.4 Å². The maximum atomic E-state index is 15.7. The fourth-order valence-corrected chi connectivity index (χ4v) is 6.06. The third-order valence-corrected chi connectivity index (χ3v) is 8.05. The van der Waals surface area contributed by atoms with E-state index in [0.717, 1.165) is 12.3 Å². The van der Waals surface area contributed by atoms with Gasteiger partial charge in [0.25, 0.3) is 10.7 Å². The summed E-state index contributed by atoms with van der Waals surface area (Å²) < 4.78 is 56.8. The maximum Gasteiger partial charge on any atom is 0.459 e. The van der Waals surface area contributed by atoms with Crippen LogP contribution in [-0.4, -0.2) is 69.4 Å². The zero-order valence-electron chi connectivity index (χ0n) is 20.4. The highest BCUT2D eigenvalue weighted by Gasteiger charge is 2.87. The molecule has 16 heteroatoms. The summed E-state index contributed by atoms with van der Waals surface area (Å²) in [5.74, 6) is -0.735. The Morgan fingerprint density at radius 1 is 1.32 bits per heavy atom. The number of fused-ring (bicyclic) bond motifs is 1. The van der Waals surface area contributed by atoms with E-state index in [4.69, 9.17) is 34.9 Å². The number of aromatic nitrogens is 2. The van der Waals surface area contributed by atoms with Gasteiger partial charge in [-0.3, -0.25) is 23.7 Å². The summed E-state index contributed by atoms with van der Waals surface area (Å²) in [5.41, 5.74) is -4.33. The average Bonchev–Trinajstić information content (AvgIpc) is 3.32. The van der Waals surface area contributed by atoms with Gasteiger partial charge in [-0.05, 0) is 26.0 Å². The zero-order chi connectivity index (χ0) is 27.9. The minimum absolute atomic E-state index is 0.0745. The number of nitrogens with one attached hydrogen (secondary N) is 2. The van der Waals surface area contributed by atoms with Crippen LogP contribution in [-0.2, 0) is 28.1 Å². The Morgan fingerprint density at radius 3 is 2.58 bits per heavy atom. The molecular formula is C22H26ClFN3O10P. The molecule has 2 heterocycles. The van der Waals surface area contributed by atoms with Crippen molar-refractivity contribution in [1.29, 1.82) is 0 Å². The second-order valence-electron chi connectivity index (χ2n) is 8.86. The molecule has 38 heavy (non-hydrogen) atoms. The van der Waals surface area contributed by atoms with Crippen LogP contribution in [0.5, 0.6) is 5.75 Å². The lowest BCUT2D eigenvalue weighted by molar-refractivity contribution is -0.152. The molecule has 1 aromatic heterocycles. The first-order chi connectivity index (χ1) is 17.8. The Labute approximate surface area is 220 Å². The van der Waals surface area contributed by atoms with Gasteiger partial charge in [0.2, 0.25) is 0 Å². The topological polar surface area (TPSA) is 167 Å². The molecule has 1 aromatic carbocycles. The van der Waals surface area contributed by atoms with Crippen LogP contribution in [0.4, 0.5) is 4.39 Å². The molecule has 0 spiro atoms. The van der Waals surface area contributed by atoms with Gasteiger partial charge in [0.05, 0.1) is 6.61 Å². The summed E-state index contributed by atoms with van der Waals surface area (Å²) in [6.07, 6.45) is -4.61. The van der Waals surface area contributed by atoms with Gasteiger partial charge in [-0.2, -0.15) is 5.09 Å². The van der Waals surface area contributed by atoms with E-state index in [1.807, 2.05) is 4.98 Å². The molecule has 1 aliphatic heterocycles. The van der Waals surface area contributed by atoms with Crippen molar-refractivity contribution in [2.45, 2.75) is 55.2 Å². The number of aliphatic hydroxyl groups is 1. The van der Waals surface area contributed by atoms with Gasteiger partial charge in [-0.25, -0.2) is 13.8 Å². The minimum atomic E-state index is -4.53. The number of H-pyrrole nitrogens is 1. The number of hydrogen-bond donors (Lipinski definition) is 3. The number of para-hydroxylation sites is 1. The fourth-order valence-electron chi connectivity index (χ4n) is 3.99. The zero-order valence-corrected chi connectivity index (χ0v) is 22.1. The lowest BCUT2D eigenvalue weighted by Gasteiger charge is -2.30. The summed E-state index contributed by atoms with van der Waals surface area (Å²) >= 11 is 6.03. The second kappa shape index (κ2) is 10.5. The summed E-state index contributed by atoms with van der Waals surface area (Å²) in [5, 5.41) is 10.3. The lowest BCUT2D eigenvalue weighted by atomic mass is 10.1. The smallest absolute Gasteiger partial charge is 0.459 e. The van der Waals surface area contributed by atoms with Crippen molar-refractivity contribution in [2.24, 2.45) is 0 Å². The number of carbonyl (C=O) groups is 1. The van der Waals surface area contributed by atoms with Crippen LogP contribution < -0.4 is 20.9 Å². The second-order valence-corrected chi connectivity index (χ2v) is 11.1. The molecule has 0 amide bonds. The Hall–Kier alpha value is -2.58. The third-order valence-electron chi connectivity index (χ3n) is 5.90. The molecule has 1 aliphatic carbocycles. The van der Waals surface area contributed by atoms with E-state index >= 15 is 4.39 Å². The monoisotopic (exact) mass is 577 g/mol. The van der Waals surface area contributed by atoms with Crippen LogP contribution in [0.3, 0.4) is 0 Å². The summed E-state index contributed by atoms with van der Waals surface area (Å²) in [4.78, 5) is 37.9. The summed E-state index contributed by atoms with van der Waals surface area (Å²) in [6, 6.07) is 7.47. The predicted octanol–water partition coefficient (Wildman–Crippen LogP) is 1.21. The van der Waals surface area contributed by atoms with E-state index < -0.39 is 66.3 Å². The Bertz CT molecular complexity index is 1340. The summed E-state index contributed by atoms with van der Waals surface area (Å²) in [7, 11) is -3.10. The van der Waals surface area contributed by atoms with Crippen molar-refractivity contribution in [1.82, 2.24) is 14.6 Å². The molecule has 208 valence electrons. The average molecular weight is 578 g/mol. The number of halogens is 2. The number of nitrogens with zero attached hydrogens (tertiary/aromatic N) is 1. The fraction of sp³-hybridized carbons (Fsp3) is 0.500. The van der Waals surface area contributed by atoms with Crippen LogP contribution in [0.15, 0.2) is 52.2 Å². The normalized spacial score (nSPS) is 31.1. The van der Waals surface area contributed by atoms with Crippen molar-refractivity contribution < 1.29 is 42.1 Å². The third kappa shape index (κ3) is 5.30. The number of hydrogen-bond acceptors (Lipinski definition) is 10. The number of ether oxygens (including phenoxy) is 3. The number of alkyl halides is 2. The maximum absolute atomic E-state index is 15.7. The molecule has 4 rings (SSSR count). The number of aromatic amines is 1. The highest BCUT2D eigenvalue weighted by molar-refractivity contribution is 7.52. The quantitative estimate of drug-likeness (QED) is 0.199. The lowest BCUT2D eigenvalue weighted by Crippen LogP contribution is -2.47. The van der Waals surface area contributed by atoms with Crippen molar-refractivity contribution in [2.75, 3.05) is 13.7 Å². The largest absolute Gasteiger partial charge is 0.459 e. The molecular weight excluding hydrogens is 552 g/mol. The van der Waals surface area contributed by atoms with E-state index in [1.165, 1.54) is 26.2 Å². The van der Waals surface area contributed by atoms with E-state index in [0.29, 0.717) is 4.57 Å². The molecule has 3 N–H and O–H groups in total. The highest BCUT2D eigenvalue weighted by atomic mass is 35.5.